The Kier molecular flexibility index (Phi) is 4.74. The third-order valence-corrected chi connectivity index (χ3v) is 3.63. The number of methoxy groups -OCH3 is 1. The van der Waals surface area contributed by atoms with Gasteiger partial charge in [-0.1, -0.05) is 18.2 Å². The first-order chi connectivity index (χ1) is 9.20. The molecule has 1 saturated heterocycles. The highest BCUT2D eigenvalue weighted by molar-refractivity contribution is 7.80. The number of benzene rings is 1. The average molecular weight is 278 g/mol. The van der Waals surface area contributed by atoms with Crippen molar-refractivity contribution in [2.45, 2.75) is 12.8 Å². The van der Waals surface area contributed by atoms with Gasteiger partial charge in [-0.3, -0.25) is 4.79 Å². The van der Waals surface area contributed by atoms with Crippen LogP contribution in [-0.2, 0) is 9.53 Å². The number of nitrogens with one attached hydrogen (secondary N) is 1. The molecule has 1 aliphatic rings. The van der Waals surface area contributed by atoms with E-state index in [1.54, 1.807) is 0 Å². The number of piperidine rings is 1. The average Bonchev–Trinajstić information content (AvgIpc) is 2.47. The number of para-hydroxylation sites is 1. The Morgan fingerprint density at radius 2 is 2.16 bits per heavy atom. The van der Waals surface area contributed by atoms with Gasteiger partial charge in [0.05, 0.1) is 13.0 Å². The molecule has 5 heteroatoms. The number of ether oxygens (including phenoxy) is 1. The van der Waals surface area contributed by atoms with Crippen LogP contribution in [0.1, 0.15) is 12.8 Å². The van der Waals surface area contributed by atoms with Crippen LogP contribution in [0.25, 0.3) is 0 Å². The number of esters is 1. The minimum atomic E-state index is -0.146. The Labute approximate surface area is 118 Å². The summed E-state index contributed by atoms with van der Waals surface area (Å²) in [7, 11) is 1.43. The molecule has 0 saturated carbocycles. The van der Waals surface area contributed by atoms with Crippen LogP contribution >= 0.6 is 12.2 Å². The lowest BCUT2D eigenvalue weighted by Crippen LogP contribution is -2.44. The summed E-state index contributed by atoms with van der Waals surface area (Å²) in [5.41, 5.74) is 0.965. The highest BCUT2D eigenvalue weighted by Gasteiger charge is 2.27. The van der Waals surface area contributed by atoms with Crippen LogP contribution in [0.5, 0.6) is 0 Å². The molecule has 102 valence electrons. The second-order valence-electron chi connectivity index (χ2n) is 4.60. The van der Waals surface area contributed by atoms with E-state index in [1.807, 2.05) is 35.2 Å². The van der Waals surface area contributed by atoms with Gasteiger partial charge in [0.25, 0.3) is 0 Å². The van der Waals surface area contributed by atoms with Crippen molar-refractivity contribution >= 4 is 29.0 Å². The van der Waals surface area contributed by atoms with Crippen molar-refractivity contribution in [2.75, 3.05) is 25.5 Å². The fourth-order valence-corrected chi connectivity index (χ4v) is 2.53. The predicted molar refractivity (Wildman–Crippen MR) is 79.0 cm³/mol. The van der Waals surface area contributed by atoms with Crippen molar-refractivity contribution < 1.29 is 9.53 Å². The van der Waals surface area contributed by atoms with E-state index in [-0.39, 0.29) is 11.9 Å². The number of nitrogens with zero attached hydrogens (tertiary/aromatic N) is 1. The molecule has 0 spiro atoms. The van der Waals surface area contributed by atoms with E-state index < -0.39 is 0 Å². The predicted octanol–water partition coefficient (Wildman–Crippen LogP) is 2.27. The maximum absolute atomic E-state index is 11.6. The quantitative estimate of drug-likeness (QED) is 0.664. The molecular formula is C14H18N2O2S. The van der Waals surface area contributed by atoms with Gasteiger partial charge in [-0.05, 0) is 37.2 Å². The van der Waals surface area contributed by atoms with Gasteiger partial charge in [0.1, 0.15) is 0 Å². The molecule has 0 amide bonds. The van der Waals surface area contributed by atoms with Gasteiger partial charge in [-0.15, -0.1) is 0 Å². The van der Waals surface area contributed by atoms with Gasteiger partial charge in [-0.2, -0.15) is 0 Å². The second-order valence-corrected chi connectivity index (χ2v) is 4.99. The highest BCUT2D eigenvalue weighted by Crippen LogP contribution is 2.19. The molecule has 1 aromatic rings. The fourth-order valence-electron chi connectivity index (χ4n) is 2.24. The molecule has 1 aromatic carbocycles. The molecule has 1 unspecified atom stereocenters. The molecule has 19 heavy (non-hydrogen) atoms. The van der Waals surface area contributed by atoms with Crippen molar-refractivity contribution in [3.05, 3.63) is 30.3 Å². The summed E-state index contributed by atoms with van der Waals surface area (Å²) in [5, 5.41) is 3.86. The number of thiocarbonyl (C=S) groups is 1. The van der Waals surface area contributed by atoms with E-state index in [9.17, 15) is 4.79 Å². The second kappa shape index (κ2) is 6.52. The van der Waals surface area contributed by atoms with Gasteiger partial charge >= 0.3 is 5.97 Å². The topological polar surface area (TPSA) is 41.6 Å². The smallest absolute Gasteiger partial charge is 0.310 e. The van der Waals surface area contributed by atoms with E-state index in [1.165, 1.54) is 7.11 Å². The summed E-state index contributed by atoms with van der Waals surface area (Å²) in [6.07, 6.45) is 1.83. The van der Waals surface area contributed by atoms with Crippen LogP contribution in [0.2, 0.25) is 0 Å². The molecule has 1 aliphatic heterocycles. The maximum Gasteiger partial charge on any atom is 0.310 e. The van der Waals surface area contributed by atoms with Gasteiger partial charge in [-0.25, -0.2) is 0 Å². The maximum atomic E-state index is 11.6. The third kappa shape index (κ3) is 3.67. The Morgan fingerprint density at radius 3 is 2.84 bits per heavy atom. The zero-order valence-corrected chi connectivity index (χ0v) is 11.8. The fraction of sp³-hybridized carbons (Fsp3) is 0.429. The highest BCUT2D eigenvalue weighted by atomic mass is 32.1. The minimum absolute atomic E-state index is 0.0747. The summed E-state index contributed by atoms with van der Waals surface area (Å²) in [6.45, 7) is 1.51. The van der Waals surface area contributed by atoms with Gasteiger partial charge < -0.3 is 15.0 Å². The number of anilines is 1. The first-order valence-electron chi connectivity index (χ1n) is 6.39. The van der Waals surface area contributed by atoms with Gasteiger partial charge in [0, 0.05) is 18.8 Å². The van der Waals surface area contributed by atoms with Crippen LogP contribution in [-0.4, -0.2) is 36.2 Å². The van der Waals surface area contributed by atoms with Gasteiger partial charge in [0.15, 0.2) is 5.11 Å². The number of likely N-dealkylation sites (tertiary alicyclic amines) is 1. The lowest BCUT2D eigenvalue weighted by Gasteiger charge is -2.33. The van der Waals surface area contributed by atoms with E-state index >= 15 is 0 Å². The summed E-state index contributed by atoms with van der Waals surface area (Å²) in [4.78, 5) is 13.6. The molecule has 0 aliphatic carbocycles. The zero-order valence-electron chi connectivity index (χ0n) is 11.0. The Balaban J connectivity index is 1.94. The molecule has 2 rings (SSSR count). The molecule has 0 aromatic heterocycles. The molecule has 1 N–H and O–H groups in total. The van der Waals surface area contributed by atoms with Crippen LogP contribution in [0.3, 0.4) is 0 Å². The van der Waals surface area contributed by atoms with Crippen molar-refractivity contribution in [1.82, 2.24) is 4.90 Å². The molecule has 0 bridgehead atoms. The van der Waals surface area contributed by atoms with Crippen molar-refractivity contribution in [3.63, 3.8) is 0 Å². The SMILES string of the molecule is COC(=O)C1CCCN(C(=S)Nc2ccccc2)C1. The summed E-state index contributed by atoms with van der Waals surface area (Å²) < 4.78 is 4.81. The first kappa shape index (κ1) is 13.8. The lowest BCUT2D eigenvalue weighted by atomic mass is 9.99. The molecule has 4 nitrogen and oxygen atoms in total. The standard InChI is InChI=1S/C14H18N2O2S/c1-18-13(17)11-6-5-9-16(10-11)14(19)15-12-7-3-2-4-8-12/h2-4,7-8,11H,5-6,9-10H2,1H3,(H,15,19). The Morgan fingerprint density at radius 1 is 1.42 bits per heavy atom. The van der Waals surface area contributed by atoms with Crippen LogP contribution in [0.4, 0.5) is 5.69 Å². The number of hydrogen-bond acceptors (Lipinski definition) is 3. The molecule has 1 atom stereocenters. The van der Waals surface area contributed by atoms with Crippen molar-refractivity contribution in [1.29, 1.82) is 0 Å². The summed E-state index contributed by atoms with van der Waals surface area (Å²) in [6, 6.07) is 9.81. The minimum Gasteiger partial charge on any atom is -0.469 e. The van der Waals surface area contributed by atoms with E-state index in [2.05, 4.69) is 5.32 Å². The Hall–Kier alpha value is -1.62. The number of hydrogen-bond donors (Lipinski definition) is 1. The van der Waals surface area contributed by atoms with Crippen molar-refractivity contribution in [3.8, 4) is 0 Å². The lowest BCUT2D eigenvalue weighted by molar-refractivity contribution is -0.146. The van der Waals surface area contributed by atoms with Crippen LogP contribution in [0.15, 0.2) is 30.3 Å². The first-order valence-corrected chi connectivity index (χ1v) is 6.80. The van der Waals surface area contributed by atoms with E-state index in [0.717, 1.165) is 25.1 Å². The normalized spacial score (nSPS) is 18.8. The molecule has 1 heterocycles. The zero-order chi connectivity index (χ0) is 13.7. The van der Waals surface area contributed by atoms with Crippen molar-refractivity contribution in [2.24, 2.45) is 5.92 Å². The van der Waals surface area contributed by atoms with Gasteiger partial charge in [0.2, 0.25) is 0 Å². The number of carbonyl (C=O) groups excluding carboxylic acids is 1. The number of rotatable bonds is 2. The largest absolute Gasteiger partial charge is 0.469 e. The van der Waals surface area contributed by atoms with E-state index in [0.29, 0.717) is 11.7 Å². The molecule has 1 fully saturated rings. The van der Waals surface area contributed by atoms with Crippen LogP contribution in [0, 0.1) is 5.92 Å². The molecule has 0 radical (unpaired) electrons. The molecular weight excluding hydrogens is 260 g/mol. The van der Waals surface area contributed by atoms with Crippen LogP contribution < -0.4 is 5.32 Å². The third-order valence-electron chi connectivity index (χ3n) is 3.27. The monoisotopic (exact) mass is 278 g/mol. The van der Waals surface area contributed by atoms with E-state index in [4.69, 9.17) is 17.0 Å². The number of carbonyl (C=O) groups is 1. The summed E-state index contributed by atoms with van der Waals surface area (Å²) >= 11 is 5.39. The summed E-state index contributed by atoms with van der Waals surface area (Å²) in [5.74, 6) is -0.221. The Bertz CT molecular complexity index is 450.